The summed E-state index contributed by atoms with van der Waals surface area (Å²) in [5.74, 6) is -0.434. The Kier molecular flexibility index (Phi) is 7.97. The maximum Gasteiger partial charge on any atom is 0.422 e. The second-order valence-electron chi connectivity index (χ2n) is 10.6. The third kappa shape index (κ3) is 6.28. The van der Waals surface area contributed by atoms with E-state index in [4.69, 9.17) is 9.47 Å². The first-order valence-electron chi connectivity index (χ1n) is 12.8. The molecule has 0 spiro atoms. The lowest BCUT2D eigenvalue weighted by Crippen LogP contribution is -2.43. The van der Waals surface area contributed by atoms with Crippen LogP contribution in [-0.2, 0) is 11.2 Å². The first kappa shape index (κ1) is 29.5. The normalized spacial score (nSPS) is 15.4. The number of methoxy groups -OCH3 is 1. The van der Waals surface area contributed by atoms with Crippen molar-refractivity contribution in [2.45, 2.75) is 69.9 Å². The van der Waals surface area contributed by atoms with Gasteiger partial charge in [-0.2, -0.15) is 13.2 Å². The molecule has 214 valence electrons. The van der Waals surface area contributed by atoms with Crippen molar-refractivity contribution in [3.63, 3.8) is 0 Å². The van der Waals surface area contributed by atoms with Crippen molar-refractivity contribution in [2.75, 3.05) is 7.11 Å². The molecule has 0 radical (unpaired) electrons. The maximum atomic E-state index is 14.5. The number of alkyl halides is 3. The summed E-state index contributed by atoms with van der Waals surface area (Å²) in [5.41, 5.74) is -5.19. The molecule has 10 heteroatoms. The van der Waals surface area contributed by atoms with E-state index in [1.54, 1.807) is 0 Å². The summed E-state index contributed by atoms with van der Waals surface area (Å²) < 4.78 is 68.3. The molecule has 1 aliphatic carbocycles. The van der Waals surface area contributed by atoms with Crippen molar-refractivity contribution in [1.82, 2.24) is 4.98 Å². The Hall–Kier alpha value is -3.50. The van der Waals surface area contributed by atoms with Crippen molar-refractivity contribution in [2.24, 2.45) is 0 Å². The minimum Gasteiger partial charge on any atom is -0.493 e. The van der Waals surface area contributed by atoms with Gasteiger partial charge < -0.3 is 19.7 Å². The molecule has 2 N–H and O–H groups in total. The largest absolute Gasteiger partial charge is 0.493 e. The summed E-state index contributed by atoms with van der Waals surface area (Å²) in [6, 6.07) is 10.7. The van der Waals surface area contributed by atoms with E-state index in [0.717, 1.165) is 25.0 Å². The number of ketones is 1. The number of rotatable bonds is 10. The zero-order valence-corrected chi connectivity index (χ0v) is 22.6. The van der Waals surface area contributed by atoms with Crippen molar-refractivity contribution >= 4 is 5.78 Å². The summed E-state index contributed by atoms with van der Waals surface area (Å²) in [4.78, 5) is 17.1. The van der Waals surface area contributed by atoms with Crippen LogP contribution in [-0.4, -0.2) is 40.4 Å². The second kappa shape index (κ2) is 10.8. The van der Waals surface area contributed by atoms with Crippen LogP contribution in [0.5, 0.6) is 11.5 Å². The molecule has 1 fully saturated rings. The average molecular weight is 562 g/mol. The first-order valence-corrected chi connectivity index (χ1v) is 12.8. The second-order valence-corrected chi connectivity index (χ2v) is 10.6. The van der Waals surface area contributed by atoms with Gasteiger partial charge in [-0.25, -0.2) is 9.37 Å². The van der Waals surface area contributed by atoms with E-state index in [9.17, 15) is 32.6 Å². The van der Waals surface area contributed by atoms with Gasteiger partial charge in [0, 0.05) is 17.5 Å². The van der Waals surface area contributed by atoms with Crippen LogP contribution in [0, 0.1) is 12.7 Å². The van der Waals surface area contributed by atoms with Gasteiger partial charge in [-0.15, -0.1) is 0 Å². The molecule has 2 aromatic carbocycles. The van der Waals surface area contributed by atoms with Crippen LogP contribution in [0.15, 0.2) is 48.5 Å². The van der Waals surface area contributed by atoms with Crippen LogP contribution in [0.4, 0.5) is 17.6 Å². The third-order valence-corrected chi connectivity index (χ3v) is 6.90. The molecule has 1 unspecified atom stereocenters. The van der Waals surface area contributed by atoms with Crippen molar-refractivity contribution < 1.29 is 42.0 Å². The number of carbonyl (C=O) groups excluding carboxylic acids is 1. The molecule has 1 saturated carbocycles. The maximum absolute atomic E-state index is 14.5. The molecule has 0 amide bonds. The summed E-state index contributed by atoms with van der Waals surface area (Å²) in [7, 11) is 1.40. The number of aliphatic hydroxyl groups is 2. The SMILES string of the molecule is COc1cc(C(=O)CCC(O)(c2cc(C(C)(C)O)cc(-c3ccc(F)c(C)c3)n2)C(F)(F)F)ccc1OC1CC1. The summed E-state index contributed by atoms with van der Waals surface area (Å²) in [5, 5.41) is 21.7. The van der Waals surface area contributed by atoms with Crippen molar-refractivity contribution in [1.29, 1.82) is 0 Å². The fourth-order valence-electron chi connectivity index (χ4n) is 4.21. The van der Waals surface area contributed by atoms with Crippen molar-refractivity contribution in [3.05, 3.63) is 76.7 Å². The van der Waals surface area contributed by atoms with Gasteiger partial charge in [0.05, 0.1) is 30.2 Å². The lowest BCUT2D eigenvalue weighted by molar-refractivity contribution is -0.270. The number of hydrogen-bond donors (Lipinski definition) is 2. The molecular formula is C30H31F4NO5. The van der Waals surface area contributed by atoms with Gasteiger partial charge in [0.25, 0.3) is 0 Å². The molecule has 1 aromatic heterocycles. The van der Waals surface area contributed by atoms with Gasteiger partial charge in [0.1, 0.15) is 5.82 Å². The summed E-state index contributed by atoms with van der Waals surface area (Å²) in [6.45, 7) is 4.26. The third-order valence-electron chi connectivity index (χ3n) is 6.90. The van der Waals surface area contributed by atoms with Crippen LogP contribution in [0.25, 0.3) is 11.3 Å². The van der Waals surface area contributed by atoms with Crippen LogP contribution < -0.4 is 9.47 Å². The monoisotopic (exact) mass is 561 g/mol. The number of aromatic nitrogens is 1. The summed E-state index contributed by atoms with van der Waals surface area (Å²) in [6.07, 6.45) is -5.01. The Bertz CT molecular complexity index is 1410. The van der Waals surface area contributed by atoms with Crippen LogP contribution in [0.2, 0.25) is 0 Å². The smallest absolute Gasteiger partial charge is 0.422 e. The number of pyridine rings is 1. The molecule has 0 bridgehead atoms. The molecule has 6 nitrogen and oxygen atoms in total. The molecule has 0 aliphatic heterocycles. The van der Waals surface area contributed by atoms with E-state index in [1.165, 1.54) is 64.3 Å². The number of carbonyl (C=O) groups is 1. The molecule has 3 aromatic rings. The van der Waals surface area contributed by atoms with Gasteiger partial charge >= 0.3 is 6.18 Å². The molecule has 1 heterocycles. The predicted octanol–water partition coefficient (Wildman–Crippen LogP) is 6.39. The predicted molar refractivity (Wildman–Crippen MR) is 140 cm³/mol. The van der Waals surface area contributed by atoms with E-state index < -0.39 is 47.5 Å². The van der Waals surface area contributed by atoms with Gasteiger partial charge in [0.2, 0.25) is 5.60 Å². The van der Waals surface area contributed by atoms with E-state index in [1.807, 2.05) is 0 Å². The minimum atomic E-state index is -5.21. The van der Waals surface area contributed by atoms with Crippen LogP contribution in [0.3, 0.4) is 0 Å². The fraction of sp³-hybridized carbons (Fsp3) is 0.400. The number of ether oxygens (including phenoxy) is 2. The number of Topliss-reactive ketones (excluding diaryl/α,β-unsaturated/α-hetero) is 1. The molecule has 0 saturated heterocycles. The van der Waals surface area contributed by atoms with E-state index in [0.29, 0.717) is 11.3 Å². The first-order chi connectivity index (χ1) is 18.6. The van der Waals surface area contributed by atoms with E-state index in [-0.39, 0.29) is 34.2 Å². The Balaban J connectivity index is 1.69. The highest BCUT2D eigenvalue weighted by molar-refractivity contribution is 5.96. The minimum absolute atomic E-state index is 0.00251. The number of nitrogens with zero attached hydrogens (tertiary/aromatic N) is 1. The van der Waals surface area contributed by atoms with Gasteiger partial charge in [0.15, 0.2) is 17.3 Å². The Morgan fingerprint density at radius 3 is 2.30 bits per heavy atom. The molecule has 4 rings (SSSR count). The summed E-state index contributed by atoms with van der Waals surface area (Å²) >= 11 is 0. The van der Waals surface area contributed by atoms with Crippen LogP contribution >= 0.6 is 0 Å². The highest BCUT2D eigenvalue weighted by atomic mass is 19.4. The highest BCUT2D eigenvalue weighted by Gasteiger charge is 2.56. The standard InChI is InChI=1S/C30H31F4NO5/c1-17-13-18(5-9-22(17)31)23-15-20(28(2,3)37)16-27(35-23)29(38,30(32,33)34)12-11-24(36)19-6-10-25(26(14-19)39-4)40-21-7-8-21/h5-6,9-10,13-16,21,37-38H,7-8,11-12H2,1-4H3. The average Bonchev–Trinajstić information content (AvgIpc) is 3.71. The number of aryl methyl sites for hydroxylation is 1. The number of hydrogen-bond acceptors (Lipinski definition) is 6. The van der Waals surface area contributed by atoms with E-state index in [2.05, 4.69) is 4.98 Å². The molecule has 1 aliphatic rings. The number of halogens is 4. The zero-order valence-electron chi connectivity index (χ0n) is 22.6. The quantitative estimate of drug-likeness (QED) is 0.220. The Morgan fingerprint density at radius 1 is 1.02 bits per heavy atom. The molecule has 40 heavy (non-hydrogen) atoms. The Morgan fingerprint density at radius 2 is 1.73 bits per heavy atom. The van der Waals surface area contributed by atoms with E-state index >= 15 is 0 Å². The Labute approximate surface area is 229 Å². The lowest BCUT2D eigenvalue weighted by Gasteiger charge is -2.31. The van der Waals surface area contributed by atoms with Gasteiger partial charge in [-0.05, 0) is 99.7 Å². The van der Waals surface area contributed by atoms with Crippen molar-refractivity contribution in [3.8, 4) is 22.8 Å². The van der Waals surface area contributed by atoms with Gasteiger partial charge in [-0.3, -0.25) is 4.79 Å². The van der Waals surface area contributed by atoms with Gasteiger partial charge in [-0.1, -0.05) is 0 Å². The number of benzene rings is 2. The zero-order chi connectivity index (χ0) is 29.5. The fourth-order valence-corrected chi connectivity index (χ4v) is 4.21. The lowest BCUT2D eigenvalue weighted by atomic mass is 9.87. The topological polar surface area (TPSA) is 88.9 Å². The highest BCUT2D eigenvalue weighted by Crippen LogP contribution is 2.44. The van der Waals surface area contributed by atoms with Crippen LogP contribution in [0.1, 0.15) is 66.7 Å². The molecular weight excluding hydrogens is 530 g/mol. The molecule has 1 atom stereocenters.